The SMILES string of the molecule is CCC(O)CN1CCC[C@@H](C)C1. The lowest BCUT2D eigenvalue weighted by atomic mass is 10.00. The summed E-state index contributed by atoms with van der Waals surface area (Å²) in [6.07, 6.45) is 3.43. The van der Waals surface area contributed by atoms with Crippen LogP contribution in [0.5, 0.6) is 0 Å². The molecule has 0 aromatic rings. The summed E-state index contributed by atoms with van der Waals surface area (Å²) in [5, 5.41) is 9.45. The van der Waals surface area contributed by atoms with Crippen LogP contribution in [0.3, 0.4) is 0 Å². The van der Waals surface area contributed by atoms with Gasteiger partial charge in [-0.1, -0.05) is 13.8 Å². The standard InChI is InChI=1S/C10H21NO/c1-3-10(12)8-11-6-4-5-9(2)7-11/h9-10,12H,3-8H2,1-2H3/t9-,10?/m1/s1. The molecule has 0 bridgehead atoms. The number of aliphatic hydroxyl groups excluding tert-OH is 1. The first-order valence-corrected chi connectivity index (χ1v) is 5.12. The third kappa shape index (κ3) is 3.11. The van der Waals surface area contributed by atoms with E-state index in [2.05, 4.69) is 11.8 Å². The van der Waals surface area contributed by atoms with Gasteiger partial charge in [0.2, 0.25) is 0 Å². The molecule has 1 aliphatic rings. The van der Waals surface area contributed by atoms with Crippen LogP contribution >= 0.6 is 0 Å². The molecule has 2 nitrogen and oxygen atoms in total. The Morgan fingerprint density at radius 1 is 1.58 bits per heavy atom. The Morgan fingerprint density at radius 3 is 2.92 bits per heavy atom. The van der Waals surface area contributed by atoms with E-state index in [-0.39, 0.29) is 6.10 Å². The second-order valence-corrected chi connectivity index (χ2v) is 4.07. The van der Waals surface area contributed by atoms with E-state index >= 15 is 0 Å². The number of β-amino-alcohol motifs (C(OH)–C–C–N with tert-alkyl or cyclic N) is 1. The number of rotatable bonds is 3. The van der Waals surface area contributed by atoms with Crippen molar-refractivity contribution in [1.82, 2.24) is 4.90 Å². The first-order valence-electron chi connectivity index (χ1n) is 5.12. The third-order valence-corrected chi connectivity index (χ3v) is 2.68. The first kappa shape index (κ1) is 10.0. The largest absolute Gasteiger partial charge is 0.392 e. The van der Waals surface area contributed by atoms with E-state index in [1.807, 2.05) is 6.92 Å². The molecule has 1 rings (SSSR count). The fourth-order valence-corrected chi connectivity index (χ4v) is 1.88. The Kier molecular flexibility index (Phi) is 4.02. The normalized spacial score (nSPS) is 28.8. The highest BCUT2D eigenvalue weighted by Crippen LogP contribution is 2.15. The van der Waals surface area contributed by atoms with E-state index in [0.29, 0.717) is 0 Å². The molecule has 2 heteroatoms. The van der Waals surface area contributed by atoms with E-state index in [1.54, 1.807) is 0 Å². The zero-order valence-corrected chi connectivity index (χ0v) is 8.29. The van der Waals surface area contributed by atoms with Gasteiger partial charge in [0.15, 0.2) is 0 Å². The number of hydrogen-bond acceptors (Lipinski definition) is 2. The summed E-state index contributed by atoms with van der Waals surface area (Å²) in [6.45, 7) is 7.57. The van der Waals surface area contributed by atoms with Gasteiger partial charge in [-0.05, 0) is 31.7 Å². The molecular formula is C10H21NO. The summed E-state index contributed by atoms with van der Waals surface area (Å²) in [6, 6.07) is 0. The van der Waals surface area contributed by atoms with Gasteiger partial charge in [0.25, 0.3) is 0 Å². The van der Waals surface area contributed by atoms with Crippen LogP contribution < -0.4 is 0 Å². The number of piperidine rings is 1. The zero-order chi connectivity index (χ0) is 8.97. The molecule has 0 aromatic carbocycles. The predicted molar refractivity (Wildman–Crippen MR) is 51.1 cm³/mol. The number of aliphatic hydroxyl groups is 1. The number of hydrogen-bond donors (Lipinski definition) is 1. The van der Waals surface area contributed by atoms with Crippen LogP contribution in [0.1, 0.15) is 33.1 Å². The monoisotopic (exact) mass is 171 g/mol. The van der Waals surface area contributed by atoms with Crippen molar-refractivity contribution in [1.29, 1.82) is 0 Å². The molecule has 1 saturated heterocycles. The molecule has 1 N–H and O–H groups in total. The van der Waals surface area contributed by atoms with Crippen LogP contribution in [0.4, 0.5) is 0 Å². The van der Waals surface area contributed by atoms with Crippen LogP contribution in [0.15, 0.2) is 0 Å². The third-order valence-electron chi connectivity index (χ3n) is 2.68. The van der Waals surface area contributed by atoms with Crippen LogP contribution in [0.25, 0.3) is 0 Å². The molecule has 1 fully saturated rings. The smallest absolute Gasteiger partial charge is 0.0664 e. The highest BCUT2D eigenvalue weighted by molar-refractivity contribution is 4.71. The van der Waals surface area contributed by atoms with E-state index in [1.165, 1.54) is 25.9 Å². The van der Waals surface area contributed by atoms with Gasteiger partial charge < -0.3 is 10.0 Å². The molecule has 0 saturated carbocycles. The summed E-state index contributed by atoms with van der Waals surface area (Å²) in [5.41, 5.74) is 0. The number of nitrogens with zero attached hydrogens (tertiary/aromatic N) is 1. The Hall–Kier alpha value is -0.0800. The van der Waals surface area contributed by atoms with Gasteiger partial charge in [-0.15, -0.1) is 0 Å². The van der Waals surface area contributed by atoms with Crippen molar-refractivity contribution >= 4 is 0 Å². The average molecular weight is 171 g/mol. The van der Waals surface area contributed by atoms with Crippen molar-refractivity contribution in [3.8, 4) is 0 Å². The molecule has 0 spiro atoms. The average Bonchev–Trinajstić information content (AvgIpc) is 2.04. The van der Waals surface area contributed by atoms with Crippen molar-refractivity contribution < 1.29 is 5.11 Å². The minimum absolute atomic E-state index is 0.115. The molecule has 12 heavy (non-hydrogen) atoms. The first-order chi connectivity index (χ1) is 5.72. The van der Waals surface area contributed by atoms with Gasteiger partial charge in [-0.2, -0.15) is 0 Å². The van der Waals surface area contributed by atoms with Gasteiger partial charge in [0, 0.05) is 13.1 Å². The van der Waals surface area contributed by atoms with Crippen LogP contribution in [0, 0.1) is 5.92 Å². The summed E-state index contributed by atoms with van der Waals surface area (Å²) in [4.78, 5) is 2.39. The highest BCUT2D eigenvalue weighted by atomic mass is 16.3. The maximum Gasteiger partial charge on any atom is 0.0664 e. The van der Waals surface area contributed by atoms with Gasteiger partial charge >= 0.3 is 0 Å². The van der Waals surface area contributed by atoms with E-state index in [0.717, 1.165) is 18.9 Å². The molecule has 1 unspecified atom stereocenters. The van der Waals surface area contributed by atoms with E-state index in [9.17, 15) is 5.11 Å². The van der Waals surface area contributed by atoms with E-state index in [4.69, 9.17) is 0 Å². The summed E-state index contributed by atoms with van der Waals surface area (Å²) in [7, 11) is 0. The topological polar surface area (TPSA) is 23.5 Å². The highest BCUT2D eigenvalue weighted by Gasteiger charge is 2.17. The van der Waals surface area contributed by atoms with Crippen molar-refractivity contribution in [3.05, 3.63) is 0 Å². The molecule has 0 amide bonds. The van der Waals surface area contributed by atoms with Gasteiger partial charge in [-0.3, -0.25) is 0 Å². The Labute approximate surface area is 75.6 Å². The zero-order valence-electron chi connectivity index (χ0n) is 8.29. The second-order valence-electron chi connectivity index (χ2n) is 4.07. The molecule has 1 heterocycles. The maximum atomic E-state index is 9.45. The maximum absolute atomic E-state index is 9.45. The molecule has 0 radical (unpaired) electrons. The summed E-state index contributed by atoms with van der Waals surface area (Å²) < 4.78 is 0. The van der Waals surface area contributed by atoms with Crippen molar-refractivity contribution in [2.45, 2.75) is 39.2 Å². The lowest BCUT2D eigenvalue weighted by molar-refractivity contribution is 0.0853. The van der Waals surface area contributed by atoms with Crippen molar-refractivity contribution in [2.24, 2.45) is 5.92 Å². The van der Waals surface area contributed by atoms with Crippen LogP contribution in [-0.4, -0.2) is 35.7 Å². The summed E-state index contributed by atoms with van der Waals surface area (Å²) >= 11 is 0. The van der Waals surface area contributed by atoms with Gasteiger partial charge in [0.05, 0.1) is 6.10 Å². The Bertz CT molecular complexity index is 127. The van der Waals surface area contributed by atoms with Crippen molar-refractivity contribution in [3.63, 3.8) is 0 Å². The van der Waals surface area contributed by atoms with Crippen LogP contribution in [-0.2, 0) is 0 Å². The second kappa shape index (κ2) is 4.83. The van der Waals surface area contributed by atoms with Gasteiger partial charge in [0.1, 0.15) is 0 Å². The predicted octanol–water partition coefficient (Wildman–Crippen LogP) is 1.49. The fraction of sp³-hybridized carbons (Fsp3) is 1.00. The fourth-order valence-electron chi connectivity index (χ4n) is 1.88. The molecule has 1 aliphatic heterocycles. The minimum Gasteiger partial charge on any atom is -0.392 e. The number of likely N-dealkylation sites (tertiary alicyclic amines) is 1. The quantitative estimate of drug-likeness (QED) is 0.695. The molecule has 0 aromatic heterocycles. The Morgan fingerprint density at radius 2 is 2.33 bits per heavy atom. The Balaban J connectivity index is 2.22. The lowest BCUT2D eigenvalue weighted by Gasteiger charge is -2.31. The van der Waals surface area contributed by atoms with E-state index < -0.39 is 0 Å². The molecule has 0 aliphatic carbocycles. The van der Waals surface area contributed by atoms with Crippen molar-refractivity contribution in [2.75, 3.05) is 19.6 Å². The van der Waals surface area contributed by atoms with Gasteiger partial charge in [-0.25, -0.2) is 0 Å². The lowest BCUT2D eigenvalue weighted by Crippen LogP contribution is -2.39. The van der Waals surface area contributed by atoms with Crippen LogP contribution in [0.2, 0.25) is 0 Å². The molecular weight excluding hydrogens is 150 g/mol. The molecule has 72 valence electrons. The minimum atomic E-state index is -0.115. The summed E-state index contributed by atoms with van der Waals surface area (Å²) in [5.74, 6) is 0.822. The molecule has 2 atom stereocenters.